The summed E-state index contributed by atoms with van der Waals surface area (Å²) in [4.78, 5) is 16.6. The fraction of sp³-hybridized carbons (Fsp3) is 0.143. The first-order valence-electron chi connectivity index (χ1n) is 10.9. The molecule has 0 saturated heterocycles. The Morgan fingerprint density at radius 1 is 0.941 bits per heavy atom. The standard InChI is InChI=1S/C28H25NO5/c1-3-8-20-13-14-25(26(19-20)31-2)33-16-15-32-23-12-7-9-21(17-23)18-24-28(30)34-27(29-24)22-10-5-4-6-11-22/h3-7,9-14,17-19H,1,8,15-16H2,2H3/b24-18+. The number of carbonyl (C=O) groups excluding carboxylic acids is 1. The molecule has 3 aromatic carbocycles. The second kappa shape index (κ2) is 11.0. The van der Waals surface area contributed by atoms with Crippen molar-refractivity contribution in [3.8, 4) is 17.2 Å². The van der Waals surface area contributed by atoms with E-state index < -0.39 is 5.97 Å². The molecule has 0 fully saturated rings. The van der Waals surface area contributed by atoms with Crippen molar-refractivity contribution in [3.05, 3.63) is 108 Å². The third kappa shape index (κ3) is 5.72. The summed E-state index contributed by atoms with van der Waals surface area (Å²) in [7, 11) is 1.61. The molecule has 4 rings (SSSR count). The van der Waals surface area contributed by atoms with Crippen molar-refractivity contribution in [2.75, 3.05) is 20.3 Å². The Kier molecular flexibility index (Phi) is 7.40. The molecule has 0 aliphatic carbocycles. The van der Waals surface area contributed by atoms with Crippen molar-refractivity contribution in [2.45, 2.75) is 6.42 Å². The van der Waals surface area contributed by atoms with E-state index in [-0.39, 0.29) is 5.70 Å². The molecular formula is C28H25NO5. The van der Waals surface area contributed by atoms with Crippen LogP contribution in [-0.4, -0.2) is 32.2 Å². The minimum Gasteiger partial charge on any atom is -0.493 e. The lowest BCUT2D eigenvalue weighted by molar-refractivity contribution is -0.129. The van der Waals surface area contributed by atoms with E-state index in [4.69, 9.17) is 18.9 Å². The van der Waals surface area contributed by atoms with Gasteiger partial charge in [0.2, 0.25) is 5.90 Å². The molecule has 6 nitrogen and oxygen atoms in total. The highest BCUT2D eigenvalue weighted by Crippen LogP contribution is 2.28. The summed E-state index contributed by atoms with van der Waals surface area (Å²) < 4.78 is 22.4. The third-order valence-electron chi connectivity index (χ3n) is 5.02. The quantitative estimate of drug-likeness (QED) is 0.181. The number of rotatable bonds is 10. The number of carbonyl (C=O) groups is 1. The van der Waals surface area contributed by atoms with Crippen molar-refractivity contribution in [1.82, 2.24) is 0 Å². The van der Waals surface area contributed by atoms with Crippen LogP contribution in [0.3, 0.4) is 0 Å². The van der Waals surface area contributed by atoms with E-state index in [1.165, 1.54) is 0 Å². The average molecular weight is 456 g/mol. The monoisotopic (exact) mass is 455 g/mol. The summed E-state index contributed by atoms with van der Waals surface area (Å²) in [5.74, 6) is 1.81. The van der Waals surface area contributed by atoms with E-state index >= 15 is 0 Å². The van der Waals surface area contributed by atoms with Crippen molar-refractivity contribution < 1.29 is 23.7 Å². The first-order chi connectivity index (χ1) is 16.7. The Balaban J connectivity index is 1.36. The van der Waals surface area contributed by atoms with Gasteiger partial charge in [-0.3, -0.25) is 0 Å². The first-order valence-corrected chi connectivity index (χ1v) is 10.9. The number of methoxy groups -OCH3 is 1. The predicted octanol–water partition coefficient (Wildman–Crippen LogP) is 5.23. The molecule has 0 aromatic heterocycles. The van der Waals surface area contributed by atoms with E-state index in [1.54, 1.807) is 13.2 Å². The molecule has 1 heterocycles. The summed E-state index contributed by atoms with van der Waals surface area (Å²) in [6.07, 6.45) is 4.29. The zero-order valence-electron chi connectivity index (χ0n) is 18.9. The van der Waals surface area contributed by atoms with E-state index in [0.29, 0.717) is 36.4 Å². The molecule has 3 aromatic rings. The molecule has 6 heteroatoms. The van der Waals surface area contributed by atoms with Gasteiger partial charge in [0, 0.05) is 5.56 Å². The Hall–Kier alpha value is -4.32. The lowest BCUT2D eigenvalue weighted by atomic mass is 10.1. The molecule has 0 atom stereocenters. The molecule has 0 radical (unpaired) electrons. The second-order valence-corrected chi connectivity index (χ2v) is 7.45. The van der Waals surface area contributed by atoms with Gasteiger partial charge in [-0.2, -0.15) is 0 Å². The van der Waals surface area contributed by atoms with Crippen LogP contribution < -0.4 is 14.2 Å². The number of hydrogen-bond acceptors (Lipinski definition) is 6. The predicted molar refractivity (Wildman–Crippen MR) is 131 cm³/mol. The van der Waals surface area contributed by atoms with E-state index in [1.807, 2.05) is 78.9 Å². The zero-order chi connectivity index (χ0) is 23.8. The van der Waals surface area contributed by atoms with Gasteiger partial charge in [-0.25, -0.2) is 9.79 Å². The summed E-state index contributed by atoms with van der Waals surface area (Å²) >= 11 is 0. The lowest BCUT2D eigenvalue weighted by Crippen LogP contribution is -2.09. The van der Waals surface area contributed by atoms with Gasteiger partial charge in [0.1, 0.15) is 19.0 Å². The highest BCUT2D eigenvalue weighted by atomic mass is 16.6. The van der Waals surface area contributed by atoms with Crippen LogP contribution in [0.4, 0.5) is 0 Å². The second-order valence-electron chi connectivity index (χ2n) is 7.45. The third-order valence-corrected chi connectivity index (χ3v) is 5.02. The van der Waals surface area contributed by atoms with Crippen molar-refractivity contribution >= 4 is 17.9 Å². The molecule has 172 valence electrons. The molecule has 0 saturated carbocycles. The highest BCUT2D eigenvalue weighted by molar-refractivity contribution is 6.12. The molecule has 0 N–H and O–H groups in total. The summed E-state index contributed by atoms with van der Waals surface area (Å²) in [6, 6.07) is 22.5. The van der Waals surface area contributed by atoms with E-state index in [0.717, 1.165) is 23.1 Å². The van der Waals surface area contributed by atoms with Crippen LogP contribution >= 0.6 is 0 Å². The van der Waals surface area contributed by atoms with Gasteiger partial charge in [0.05, 0.1) is 7.11 Å². The van der Waals surface area contributed by atoms with Crippen LogP contribution in [0.5, 0.6) is 17.2 Å². The maximum Gasteiger partial charge on any atom is 0.363 e. The summed E-state index contributed by atoms with van der Waals surface area (Å²) in [5, 5.41) is 0. The first kappa shape index (κ1) is 22.9. The van der Waals surface area contributed by atoms with Crippen LogP contribution in [0, 0.1) is 0 Å². The lowest BCUT2D eigenvalue weighted by Gasteiger charge is -2.12. The van der Waals surface area contributed by atoms with Crippen LogP contribution in [-0.2, 0) is 16.0 Å². The number of nitrogens with zero attached hydrogens (tertiary/aromatic N) is 1. The van der Waals surface area contributed by atoms with Gasteiger partial charge < -0.3 is 18.9 Å². The smallest absolute Gasteiger partial charge is 0.363 e. The van der Waals surface area contributed by atoms with Crippen LogP contribution in [0.25, 0.3) is 6.08 Å². The SMILES string of the molecule is C=CCc1ccc(OCCOc2cccc(/C=C3/N=C(c4ccccc4)OC3=O)c2)c(OC)c1. The van der Waals surface area contributed by atoms with Gasteiger partial charge in [0.25, 0.3) is 0 Å². The van der Waals surface area contributed by atoms with Crippen molar-refractivity contribution in [3.63, 3.8) is 0 Å². The number of aliphatic imine (C=N–C) groups is 1. The van der Waals surface area contributed by atoms with Gasteiger partial charge in [-0.1, -0.05) is 42.5 Å². The fourth-order valence-electron chi connectivity index (χ4n) is 3.40. The molecule has 0 amide bonds. The highest BCUT2D eigenvalue weighted by Gasteiger charge is 2.23. The maximum absolute atomic E-state index is 12.2. The molecule has 0 bridgehead atoms. The van der Waals surface area contributed by atoms with Crippen LogP contribution in [0.2, 0.25) is 0 Å². The Bertz CT molecular complexity index is 1230. The van der Waals surface area contributed by atoms with E-state index in [9.17, 15) is 4.79 Å². The van der Waals surface area contributed by atoms with E-state index in [2.05, 4.69) is 11.6 Å². The summed E-state index contributed by atoms with van der Waals surface area (Å²) in [6.45, 7) is 4.45. The fourth-order valence-corrected chi connectivity index (χ4v) is 3.40. The number of esters is 1. The molecule has 34 heavy (non-hydrogen) atoms. The molecule has 1 aliphatic heterocycles. The zero-order valence-corrected chi connectivity index (χ0v) is 18.9. The van der Waals surface area contributed by atoms with Gasteiger partial charge in [-0.05, 0) is 60.0 Å². The van der Waals surface area contributed by atoms with Crippen molar-refractivity contribution in [2.24, 2.45) is 4.99 Å². The number of benzene rings is 3. The molecule has 1 aliphatic rings. The van der Waals surface area contributed by atoms with Gasteiger partial charge in [0.15, 0.2) is 17.2 Å². The number of cyclic esters (lactones) is 1. The Labute approximate surface area is 198 Å². The minimum absolute atomic E-state index is 0.242. The average Bonchev–Trinajstić information content (AvgIpc) is 3.23. The number of allylic oxidation sites excluding steroid dienone is 1. The number of hydrogen-bond donors (Lipinski definition) is 0. The molecule has 0 spiro atoms. The van der Waals surface area contributed by atoms with Crippen molar-refractivity contribution in [1.29, 1.82) is 0 Å². The van der Waals surface area contributed by atoms with Crippen LogP contribution in [0.1, 0.15) is 16.7 Å². The Morgan fingerprint density at radius 2 is 1.76 bits per heavy atom. The summed E-state index contributed by atoms with van der Waals surface area (Å²) in [5.41, 5.74) is 2.88. The maximum atomic E-state index is 12.2. The van der Waals surface area contributed by atoms with Gasteiger partial charge in [-0.15, -0.1) is 6.58 Å². The molecular weight excluding hydrogens is 430 g/mol. The minimum atomic E-state index is -0.480. The number of ether oxygens (including phenoxy) is 4. The Morgan fingerprint density at radius 3 is 2.56 bits per heavy atom. The largest absolute Gasteiger partial charge is 0.493 e. The van der Waals surface area contributed by atoms with Crippen LogP contribution in [0.15, 0.2) is 96.1 Å². The molecule has 0 unspecified atom stereocenters. The topological polar surface area (TPSA) is 66.3 Å². The van der Waals surface area contributed by atoms with Gasteiger partial charge >= 0.3 is 5.97 Å². The normalized spacial score (nSPS) is 13.9.